The maximum atomic E-state index is 11.1. The number of aromatic nitrogens is 1. The van der Waals surface area contributed by atoms with Crippen LogP contribution in [0.5, 0.6) is 23.1 Å². The Morgan fingerprint density at radius 3 is 2.50 bits per heavy atom. The SMILES string of the molecule is CCCc1cc(Oc2ccccc2)ccc1Oc1cc2c(CC(=O)O)cccc2[nH]1. The molecule has 0 saturated carbocycles. The molecule has 0 fully saturated rings. The number of carboxylic acid groups (broad SMARTS) is 1. The summed E-state index contributed by atoms with van der Waals surface area (Å²) in [5, 5.41) is 10.00. The topological polar surface area (TPSA) is 71.6 Å². The Hall–Kier alpha value is -3.73. The van der Waals surface area contributed by atoms with Gasteiger partial charge in [0.1, 0.15) is 17.2 Å². The summed E-state index contributed by atoms with van der Waals surface area (Å²) in [6.45, 7) is 2.12. The number of carbonyl (C=O) groups is 1. The van der Waals surface area contributed by atoms with E-state index in [1.54, 1.807) is 0 Å². The smallest absolute Gasteiger partial charge is 0.307 e. The van der Waals surface area contributed by atoms with Gasteiger partial charge in [0.25, 0.3) is 0 Å². The Labute approximate surface area is 174 Å². The van der Waals surface area contributed by atoms with Crippen molar-refractivity contribution in [3.05, 3.63) is 83.9 Å². The van der Waals surface area contributed by atoms with E-state index in [0.29, 0.717) is 5.88 Å². The second-order valence-corrected chi connectivity index (χ2v) is 7.12. The quantitative estimate of drug-likeness (QED) is 0.362. The molecule has 4 rings (SSSR count). The molecule has 30 heavy (non-hydrogen) atoms. The number of H-pyrrole nitrogens is 1. The number of rotatable bonds is 8. The Bertz CT molecular complexity index is 1160. The molecule has 4 aromatic rings. The van der Waals surface area contributed by atoms with Crippen molar-refractivity contribution in [3.8, 4) is 23.1 Å². The van der Waals surface area contributed by atoms with Gasteiger partial charge in [-0.15, -0.1) is 0 Å². The van der Waals surface area contributed by atoms with Gasteiger partial charge in [0.15, 0.2) is 5.88 Å². The molecule has 0 radical (unpaired) electrons. The van der Waals surface area contributed by atoms with Gasteiger partial charge in [-0.1, -0.05) is 43.7 Å². The molecule has 0 spiro atoms. The molecular weight excluding hydrogens is 378 g/mol. The minimum atomic E-state index is -0.856. The zero-order valence-electron chi connectivity index (χ0n) is 16.7. The van der Waals surface area contributed by atoms with Gasteiger partial charge in [-0.3, -0.25) is 4.79 Å². The Kier molecular flexibility index (Phi) is 5.70. The van der Waals surface area contributed by atoms with Gasteiger partial charge in [-0.05, 0) is 53.9 Å². The van der Waals surface area contributed by atoms with Crippen molar-refractivity contribution in [2.24, 2.45) is 0 Å². The number of hydrogen-bond donors (Lipinski definition) is 2. The van der Waals surface area contributed by atoms with Crippen LogP contribution in [0.4, 0.5) is 0 Å². The van der Waals surface area contributed by atoms with Crippen LogP contribution in [0.25, 0.3) is 10.9 Å². The minimum Gasteiger partial charge on any atom is -0.481 e. The average Bonchev–Trinajstić information content (AvgIpc) is 3.14. The molecule has 152 valence electrons. The number of fused-ring (bicyclic) bond motifs is 1. The monoisotopic (exact) mass is 401 g/mol. The first-order chi connectivity index (χ1) is 14.6. The van der Waals surface area contributed by atoms with Crippen molar-refractivity contribution in [3.63, 3.8) is 0 Å². The molecule has 3 aromatic carbocycles. The first-order valence-electron chi connectivity index (χ1n) is 9.98. The molecule has 0 unspecified atom stereocenters. The van der Waals surface area contributed by atoms with Gasteiger partial charge >= 0.3 is 5.97 Å². The van der Waals surface area contributed by atoms with Crippen molar-refractivity contribution >= 4 is 16.9 Å². The largest absolute Gasteiger partial charge is 0.481 e. The van der Waals surface area contributed by atoms with E-state index in [-0.39, 0.29) is 6.42 Å². The van der Waals surface area contributed by atoms with Crippen molar-refractivity contribution in [2.45, 2.75) is 26.2 Å². The fourth-order valence-electron chi connectivity index (χ4n) is 3.49. The van der Waals surface area contributed by atoms with Gasteiger partial charge in [0.05, 0.1) is 6.42 Å². The number of aryl methyl sites for hydroxylation is 1. The van der Waals surface area contributed by atoms with Crippen LogP contribution in [-0.2, 0) is 17.6 Å². The highest BCUT2D eigenvalue weighted by Crippen LogP contribution is 2.33. The van der Waals surface area contributed by atoms with Gasteiger partial charge < -0.3 is 19.6 Å². The molecule has 5 heteroatoms. The summed E-state index contributed by atoms with van der Waals surface area (Å²) in [5.74, 6) is 2.03. The number of ether oxygens (including phenoxy) is 2. The first-order valence-corrected chi connectivity index (χ1v) is 9.98. The van der Waals surface area contributed by atoms with Crippen molar-refractivity contribution in [2.75, 3.05) is 0 Å². The molecule has 0 atom stereocenters. The molecule has 0 aliphatic carbocycles. The zero-order chi connectivity index (χ0) is 20.9. The third-order valence-electron chi connectivity index (χ3n) is 4.82. The number of aromatic amines is 1. The lowest BCUT2D eigenvalue weighted by Crippen LogP contribution is -1.99. The van der Waals surface area contributed by atoms with E-state index in [0.717, 1.165) is 52.1 Å². The Morgan fingerprint density at radius 2 is 1.73 bits per heavy atom. The van der Waals surface area contributed by atoms with Crippen LogP contribution in [0.3, 0.4) is 0 Å². The van der Waals surface area contributed by atoms with Gasteiger partial charge in [-0.2, -0.15) is 0 Å². The van der Waals surface area contributed by atoms with E-state index in [1.807, 2.05) is 72.8 Å². The lowest BCUT2D eigenvalue weighted by Gasteiger charge is -2.12. The van der Waals surface area contributed by atoms with Crippen LogP contribution < -0.4 is 9.47 Å². The van der Waals surface area contributed by atoms with Crippen LogP contribution in [-0.4, -0.2) is 16.1 Å². The highest BCUT2D eigenvalue weighted by Gasteiger charge is 2.12. The number of nitrogens with one attached hydrogen (secondary N) is 1. The third kappa shape index (κ3) is 4.46. The van der Waals surface area contributed by atoms with Crippen molar-refractivity contribution in [1.29, 1.82) is 0 Å². The fraction of sp³-hybridized carbons (Fsp3) is 0.160. The molecular formula is C25H23NO4. The lowest BCUT2D eigenvalue weighted by molar-refractivity contribution is -0.136. The summed E-state index contributed by atoms with van der Waals surface area (Å²) in [6.07, 6.45) is 1.80. The number of hydrogen-bond acceptors (Lipinski definition) is 3. The lowest BCUT2D eigenvalue weighted by atomic mass is 10.1. The highest BCUT2D eigenvalue weighted by molar-refractivity contribution is 5.88. The van der Waals surface area contributed by atoms with Crippen LogP contribution in [0.15, 0.2) is 72.8 Å². The molecule has 0 saturated heterocycles. The molecule has 0 amide bonds. The van der Waals surface area contributed by atoms with E-state index >= 15 is 0 Å². The predicted molar refractivity (Wildman–Crippen MR) is 117 cm³/mol. The molecule has 1 aromatic heterocycles. The van der Waals surface area contributed by atoms with Crippen LogP contribution >= 0.6 is 0 Å². The van der Waals surface area contributed by atoms with Gasteiger partial charge in [0, 0.05) is 17.0 Å². The van der Waals surface area contributed by atoms with Crippen LogP contribution in [0, 0.1) is 0 Å². The number of para-hydroxylation sites is 1. The highest BCUT2D eigenvalue weighted by atomic mass is 16.5. The maximum Gasteiger partial charge on any atom is 0.307 e. The fourth-order valence-corrected chi connectivity index (χ4v) is 3.49. The molecule has 0 aliphatic rings. The number of benzene rings is 3. The summed E-state index contributed by atoms with van der Waals surface area (Å²) in [4.78, 5) is 14.4. The second kappa shape index (κ2) is 8.74. The zero-order valence-corrected chi connectivity index (χ0v) is 16.7. The molecule has 0 bridgehead atoms. The Balaban J connectivity index is 1.61. The summed E-state index contributed by atoms with van der Waals surface area (Å²) in [5.41, 5.74) is 2.66. The average molecular weight is 401 g/mol. The van der Waals surface area contributed by atoms with Crippen molar-refractivity contribution in [1.82, 2.24) is 4.98 Å². The van der Waals surface area contributed by atoms with Gasteiger partial charge in [-0.25, -0.2) is 0 Å². The van der Waals surface area contributed by atoms with E-state index in [2.05, 4.69) is 11.9 Å². The molecule has 1 heterocycles. The number of aliphatic carboxylic acids is 1. The summed E-state index contributed by atoms with van der Waals surface area (Å²) >= 11 is 0. The summed E-state index contributed by atoms with van der Waals surface area (Å²) in [6, 6.07) is 22.9. The normalized spacial score (nSPS) is 10.8. The van der Waals surface area contributed by atoms with Crippen molar-refractivity contribution < 1.29 is 19.4 Å². The predicted octanol–water partition coefficient (Wildman–Crippen LogP) is 6.33. The molecule has 5 nitrogen and oxygen atoms in total. The Morgan fingerprint density at radius 1 is 0.900 bits per heavy atom. The van der Waals surface area contributed by atoms with E-state index in [9.17, 15) is 4.79 Å². The van der Waals surface area contributed by atoms with E-state index in [1.165, 1.54) is 0 Å². The molecule has 0 aliphatic heterocycles. The third-order valence-corrected chi connectivity index (χ3v) is 4.82. The summed E-state index contributed by atoms with van der Waals surface area (Å²) < 4.78 is 12.1. The number of carboxylic acids is 1. The summed E-state index contributed by atoms with van der Waals surface area (Å²) in [7, 11) is 0. The maximum absolute atomic E-state index is 11.1. The minimum absolute atomic E-state index is 0.0265. The second-order valence-electron chi connectivity index (χ2n) is 7.12. The standard InChI is InChI=1S/C25H23NO4/c1-2-7-18-14-20(29-19-9-4-3-5-10-19)12-13-23(18)30-24-16-21-17(15-25(27)28)8-6-11-22(21)26-24/h3-6,8-14,16,26H,2,7,15H2,1H3,(H,27,28). The first kappa shape index (κ1) is 19.6. The molecule has 2 N–H and O–H groups in total. The van der Waals surface area contributed by atoms with Crippen LogP contribution in [0.1, 0.15) is 24.5 Å². The van der Waals surface area contributed by atoms with E-state index < -0.39 is 5.97 Å². The van der Waals surface area contributed by atoms with Gasteiger partial charge in [0.2, 0.25) is 0 Å². The van der Waals surface area contributed by atoms with Crippen LogP contribution in [0.2, 0.25) is 0 Å². The van der Waals surface area contributed by atoms with E-state index in [4.69, 9.17) is 14.6 Å².